The van der Waals surface area contributed by atoms with Crippen molar-refractivity contribution >= 4 is 11.5 Å². The number of nitrogens with zero attached hydrogens (tertiary/aromatic N) is 2. The lowest BCUT2D eigenvalue weighted by Gasteiger charge is -2.14. The Kier molecular flexibility index (Phi) is 5.20. The molecule has 8 heteroatoms. The molecule has 3 N–H and O–H groups in total. The van der Waals surface area contributed by atoms with E-state index in [1.165, 1.54) is 43.8 Å². The van der Waals surface area contributed by atoms with Crippen LogP contribution in [0, 0.1) is 12.8 Å². The third-order valence-electron chi connectivity index (χ3n) is 4.35. The van der Waals surface area contributed by atoms with E-state index in [-0.39, 0.29) is 5.75 Å². The van der Waals surface area contributed by atoms with Gasteiger partial charge in [-0.3, -0.25) is 0 Å². The first-order valence-electron chi connectivity index (χ1n) is 8.54. The Bertz CT molecular complexity index is 776. The van der Waals surface area contributed by atoms with E-state index >= 15 is 0 Å². The number of alkyl halides is 3. The molecule has 2 aromatic rings. The number of aryl methyl sites for hydroxylation is 1. The monoisotopic (exact) mass is 366 g/mol. The van der Waals surface area contributed by atoms with Gasteiger partial charge in [0.2, 0.25) is 0 Å². The molecule has 0 radical (unpaired) electrons. The quantitative estimate of drug-likeness (QED) is 0.704. The van der Waals surface area contributed by atoms with E-state index in [2.05, 4.69) is 20.0 Å². The summed E-state index contributed by atoms with van der Waals surface area (Å²) >= 11 is 0. The Hall–Kier alpha value is -2.51. The summed E-state index contributed by atoms with van der Waals surface area (Å²) < 4.78 is 41.0. The van der Waals surface area contributed by atoms with Gasteiger partial charge in [0.05, 0.1) is 5.69 Å². The molecular weight excluding hydrogens is 345 g/mol. The van der Waals surface area contributed by atoms with E-state index in [1.807, 2.05) is 0 Å². The second kappa shape index (κ2) is 7.39. The maximum Gasteiger partial charge on any atom is 0.573 e. The zero-order valence-corrected chi connectivity index (χ0v) is 14.4. The molecule has 0 atom stereocenters. The predicted molar refractivity (Wildman–Crippen MR) is 93.7 cm³/mol. The number of halogens is 3. The molecule has 0 spiro atoms. The van der Waals surface area contributed by atoms with Gasteiger partial charge in [-0.05, 0) is 49.4 Å². The molecular formula is C18H21F3N4O. The molecule has 1 aliphatic rings. The van der Waals surface area contributed by atoms with Crippen LogP contribution in [0.2, 0.25) is 0 Å². The molecule has 1 aromatic heterocycles. The topological polar surface area (TPSA) is 73.1 Å². The minimum Gasteiger partial charge on any atom is -0.406 e. The number of hydrogen-bond donors (Lipinski definition) is 2. The van der Waals surface area contributed by atoms with Crippen LogP contribution in [-0.4, -0.2) is 22.9 Å². The molecule has 0 saturated heterocycles. The van der Waals surface area contributed by atoms with Crippen LogP contribution in [0.4, 0.5) is 24.7 Å². The minimum atomic E-state index is -4.72. The fourth-order valence-electron chi connectivity index (χ4n) is 2.85. The van der Waals surface area contributed by atoms with Gasteiger partial charge in [-0.2, -0.15) is 0 Å². The maximum absolute atomic E-state index is 12.3. The van der Waals surface area contributed by atoms with E-state index in [4.69, 9.17) is 5.73 Å². The number of ether oxygens (including phenoxy) is 1. The number of anilines is 2. The van der Waals surface area contributed by atoms with Crippen molar-refractivity contribution in [1.29, 1.82) is 0 Å². The zero-order chi connectivity index (χ0) is 18.7. The summed E-state index contributed by atoms with van der Waals surface area (Å²) in [5, 5.41) is 3.22. The van der Waals surface area contributed by atoms with E-state index in [0.29, 0.717) is 28.3 Å². The third-order valence-corrected chi connectivity index (χ3v) is 4.35. The molecule has 0 amide bonds. The van der Waals surface area contributed by atoms with E-state index in [0.717, 1.165) is 18.9 Å². The minimum absolute atomic E-state index is 0.273. The highest BCUT2D eigenvalue weighted by atomic mass is 19.4. The van der Waals surface area contributed by atoms with Crippen molar-refractivity contribution in [2.45, 2.75) is 39.0 Å². The van der Waals surface area contributed by atoms with Crippen LogP contribution in [0.3, 0.4) is 0 Å². The lowest BCUT2D eigenvalue weighted by Crippen LogP contribution is -2.17. The summed E-state index contributed by atoms with van der Waals surface area (Å²) in [6.45, 7) is 2.46. The largest absolute Gasteiger partial charge is 0.573 e. The number of nitrogens with one attached hydrogen (secondary N) is 1. The molecule has 0 unspecified atom stereocenters. The van der Waals surface area contributed by atoms with Gasteiger partial charge in [0.25, 0.3) is 0 Å². The number of aromatic nitrogens is 2. The molecule has 0 aliphatic heterocycles. The maximum atomic E-state index is 12.3. The van der Waals surface area contributed by atoms with Crippen LogP contribution in [0.1, 0.15) is 31.2 Å². The van der Waals surface area contributed by atoms with Crippen LogP contribution in [0.25, 0.3) is 11.3 Å². The Morgan fingerprint density at radius 2 is 2.04 bits per heavy atom. The van der Waals surface area contributed by atoms with E-state index in [9.17, 15) is 13.2 Å². The average Bonchev–Trinajstić information content (AvgIpc) is 3.36. The highest BCUT2D eigenvalue weighted by Crippen LogP contribution is 2.35. The SMILES string of the molecule is Cc1cc(OC(F)(F)F)ccc1-c1ncnc(NCCCC2CC2)c1N. The molecule has 5 nitrogen and oxygen atoms in total. The van der Waals surface area contributed by atoms with Gasteiger partial charge >= 0.3 is 6.36 Å². The third kappa shape index (κ3) is 4.77. The molecule has 140 valence electrons. The fourth-order valence-corrected chi connectivity index (χ4v) is 2.85. The smallest absolute Gasteiger partial charge is 0.406 e. The first-order valence-corrected chi connectivity index (χ1v) is 8.54. The molecule has 3 rings (SSSR count). The summed E-state index contributed by atoms with van der Waals surface area (Å²) in [5.41, 5.74) is 8.27. The highest BCUT2D eigenvalue weighted by molar-refractivity contribution is 5.81. The Balaban J connectivity index is 1.74. The number of nitrogens with two attached hydrogens (primary N) is 1. The van der Waals surface area contributed by atoms with Crippen LogP contribution >= 0.6 is 0 Å². The second-order valence-corrected chi connectivity index (χ2v) is 6.52. The molecule has 26 heavy (non-hydrogen) atoms. The van der Waals surface area contributed by atoms with Crippen LogP contribution in [0.5, 0.6) is 5.75 Å². The van der Waals surface area contributed by atoms with Gasteiger partial charge in [0.1, 0.15) is 17.8 Å². The van der Waals surface area contributed by atoms with Crippen molar-refractivity contribution in [3.8, 4) is 17.0 Å². The molecule has 1 aliphatic carbocycles. The Morgan fingerprint density at radius 1 is 1.27 bits per heavy atom. The van der Waals surface area contributed by atoms with Crippen LogP contribution < -0.4 is 15.8 Å². The number of hydrogen-bond acceptors (Lipinski definition) is 5. The Labute approximate surface area is 149 Å². The molecule has 1 saturated carbocycles. The van der Waals surface area contributed by atoms with Crippen molar-refractivity contribution < 1.29 is 17.9 Å². The number of rotatable bonds is 7. The average molecular weight is 366 g/mol. The van der Waals surface area contributed by atoms with Gasteiger partial charge in [-0.25, -0.2) is 9.97 Å². The zero-order valence-electron chi connectivity index (χ0n) is 14.4. The first-order chi connectivity index (χ1) is 12.3. The molecule has 1 aromatic carbocycles. The lowest BCUT2D eigenvalue weighted by molar-refractivity contribution is -0.274. The normalized spacial score (nSPS) is 14.3. The lowest BCUT2D eigenvalue weighted by atomic mass is 10.0. The van der Waals surface area contributed by atoms with Gasteiger partial charge < -0.3 is 15.8 Å². The second-order valence-electron chi connectivity index (χ2n) is 6.52. The number of nitrogen functional groups attached to an aromatic ring is 1. The highest BCUT2D eigenvalue weighted by Gasteiger charge is 2.31. The Morgan fingerprint density at radius 3 is 2.69 bits per heavy atom. The summed E-state index contributed by atoms with van der Waals surface area (Å²) in [5.74, 6) is 1.14. The van der Waals surface area contributed by atoms with E-state index < -0.39 is 6.36 Å². The van der Waals surface area contributed by atoms with Crippen molar-refractivity contribution in [1.82, 2.24) is 9.97 Å². The summed E-state index contributed by atoms with van der Waals surface area (Å²) in [6.07, 6.45) is 1.57. The molecule has 1 fully saturated rings. The van der Waals surface area contributed by atoms with Gasteiger partial charge in [0, 0.05) is 12.1 Å². The summed E-state index contributed by atoms with van der Waals surface area (Å²) in [4.78, 5) is 8.37. The van der Waals surface area contributed by atoms with Crippen LogP contribution in [-0.2, 0) is 0 Å². The number of benzene rings is 1. The van der Waals surface area contributed by atoms with Crippen molar-refractivity contribution in [2.24, 2.45) is 5.92 Å². The fraction of sp³-hybridized carbons (Fsp3) is 0.444. The summed E-state index contributed by atoms with van der Waals surface area (Å²) in [7, 11) is 0. The predicted octanol–water partition coefficient (Wildman–Crippen LogP) is 4.53. The van der Waals surface area contributed by atoms with Crippen molar-refractivity contribution in [2.75, 3.05) is 17.6 Å². The van der Waals surface area contributed by atoms with Gasteiger partial charge in [0.15, 0.2) is 5.82 Å². The molecule has 0 bridgehead atoms. The summed E-state index contributed by atoms with van der Waals surface area (Å²) in [6, 6.07) is 4.08. The molecule has 1 heterocycles. The van der Waals surface area contributed by atoms with E-state index in [1.54, 1.807) is 6.92 Å². The standard InChI is InChI=1S/C18H21F3N4O/c1-11-9-13(26-18(19,20)21)6-7-14(11)16-15(22)17(25-10-24-16)23-8-2-3-12-4-5-12/h6-7,9-10,12H,2-5,8,22H2,1H3,(H,23,24,25). The first kappa shape index (κ1) is 18.3. The van der Waals surface area contributed by atoms with Gasteiger partial charge in [-0.1, -0.05) is 12.8 Å². The van der Waals surface area contributed by atoms with Crippen molar-refractivity contribution in [3.63, 3.8) is 0 Å². The van der Waals surface area contributed by atoms with Gasteiger partial charge in [-0.15, -0.1) is 13.2 Å². The van der Waals surface area contributed by atoms with Crippen molar-refractivity contribution in [3.05, 3.63) is 30.1 Å². The van der Waals surface area contributed by atoms with Crippen LogP contribution in [0.15, 0.2) is 24.5 Å².